The van der Waals surface area contributed by atoms with E-state index in [0.717, 1.165) is 48.5 Å². The van der Waals surface area contributed by atoms with Crippen LogP contribution in [0.1, 0.15) is 28.9 Å². The molecule has 4 aromatic rings. The van der Waals surface area contributed by atoms with E-state index < -0.39 is 0 Å². The number of pyridine rings is 3. The highest BCUT2D eigenvalue weighted by atomic mass is 16.3. The van der Waals surface area contributed by atoms with E-state index in [0.29, 0.717) is 22.4 Å². The van der Waals surface area contributed by atoms with E-state index in [9.17, 15) is 4.79 Å². The number of likely N-dealkylation sites (tertiary alicyclic amines) is 1. The molecule has 6 heterocycles. The molecule has 8 heteroatoms. The Bertz CT molecular complexity index is 1340. The van der Waals surface area contributed by atoms with E-state index in [4.69, 9.17) is 4.42 Å². The van der Waals surface area contributed by atoms with Gasteiger partial charge in [0, 0.05) is 53.7 Å². The number of anilines is 1. The number of carbonyl (C=O) groups excluding carboxylic acids is 1. The maximum absolute atomic E-state index is 13.1. The van der Waals surface area contributed by atoms with Crippen molar-refractivity contribution in [2.24, 2.45) is 5.41 Å². The molecule has 0 aromatic carbocycles. The minimum atomic E-state index is 0.0366. The van der Waals surface area contributed by atoms with Crippen LogP contribution in [0.3, 0.4) is 0 Å². The Labute approximate surface area is 197 Å². The van der Waals surface area contributed by atoms with Gasteiger partial charge in [-0.1, -0.05) is 0 Å². The van der Waals surface area contributed by atoms with E-state index in [1.807, 2.05) is 18.2 Å². The molecular weight excluding hydrogens is 428 g/mol. The molecule has 0 N–H and O–H groups in total. The van der Waals surface area contributed by atoms with Crippen LogP contribution in [0.2, 0.25) is 0 Å². The largest absolute Gasteiger partial charge is 0.442 e. The number of Topliss-reactive ketones (excluding diaryl/α,β-unsaturated/α-hetero) is 1. The molecule has 6 rings (SSSR count). The average molecular weight is 455 g/mol. The highest BCUT2D eigenvalue weighted by Gasteiger charge is 2.44. The van der Waals surface area contributed by atoms with Gasteiger partial charge in [-0.25, -0.2) is 9.97 Å². The number of ketones is 1. The zero-order chi connectivity index (χ0) is 23.1. The molecule has 1 spiro atoms. The Morgan fingerprint density at radius 3 is 2.65 bits per heavy atom. The Hall–Kier alpha value is -3.65. The zero-order valence-corrected chi connectivity index (χ0v) is 19.1. The molecule has 34 heavy (non-hydrogen) atoms. The summed E-state index contributed by atoms with van der Waals surface area (Å²) in [5.74, 6) is 1.54. The van der Waals surface area contributed by atoms with Crippen LogP contribution in [0.25, 0.3) is 22.2 Å². The first kappa shape index (κ1) is 20.9. The molecule has 0 aliphatic carbocycles. The van der Waals surface area contributed by atoms with E-state index in [2.05, 4.69) is 36.8 Å². The van der Waals surface area contributed by atoms with Crippen molar-refractivity contribution in [1.82, 2.24) is 24.8 Å². The number of carbonyl (C=O) groups is 1. The Morgan fingerprint density at radius 2 is 1.85 bits per heavy atom. The third-order valence-electron chi connectivity index (χ3n) is 7.18. The third kappa shape index (κ3) is 3.94. The minimum absolute atomic E-state index is 0.0366. The Kier molecular flexibility index (Phi) is 5.10. The van der Waals surface area contributed by atoms with Crippen molar-refractivity contribution in [1.29, 1.82) is 0 Å². The number of hydrogen-bond donors (Lipinski definition) is 0. The fourth-order valence-corrected chi connectivity index (χ4v) is 5.02. The summed E-state index contributed by atoms with van der Waals surface area (Å²) in [4.78, 5) is 35.2. The molecule has 2 saturated heterocycles. The van der Waals surface area contributed by atoms with Crippen molar-refractivity contribution in [3.05, 3.63) is 66.7 Å². The van der Waals surface area contributed by atoms with Gasteiger partial charge in [-0.05, 0) is 62.6 Å². The lowest BCUT2D eigenvalue weighted by Crippen LogP contribution is -2.60. The summed E-state index contributed by atoms with van der Waals surface area (Å²) in [6.07, 6.45) is 11.0. The number of rotatable bonds is 5. The van der Waals surface area contributed by atoms with Gasteiger partial charge in [-0.2, -0.15) is 0 Å². The van der Waals surface area contributed by atoms with Crippen LogP contribution < -0.4 is 4.90 Å². The topological polar surface area (TPSA) is 88.2 Å². The smallest absolute Gasteiger partial charge is 0.181 e. The summed E-state index contributed by atoms with van der Waals surface area (Å²) in [7, 11) is 2.19. The zero-order valence-electron chi connectivity index (χ0n) is 19.1. The average Bonchev–Trinajstić information content (AvgIpc) is 3.38. The molecule has 0 atom stereocenters. The molecule has 2 aliphatic rings. The molecule has 2 aliphatic heterocycles. The van der Waals surface area contributed by atoms with Crippen LogP contribution in [0, 0.1) is 5.41 Å². The molecular formula is C26H26N6O2. The quantitative estimate of drug-likeness (QED) is 0.423. The first-order valence-corrected chi connectivity index (χ1v) is 11.6. The number of piperidine rings is 1. The van der Waals surface area contributed by atoms with Gasteiger partial charge in [0.05, 0.1) is 12.6 Å². The fourth-order valence-electron chi connectivity index (χ4n) is 5.02. The lowest BCUT2D eigenvalue weighted by molar-refractivity contribution is 0.0900. The normalized spacial score (nSPS) is 17.7. The Balaban J connectivity index is 1.16. The van der Waals surface area contributed by atoms with E-state index in [-0.39, 0.29) is 12.2 Å². The number of oxazole rings is 1. The fraction of sp³-hybridized carbons (Fsp3) is 0.346. The van der Waals surface area contributed by atoms with E-state index in [1.165, 1.54) is 19.2 Å². The van der Waals surface area contributed by atoms with Crippen molar-refractivity contribution in [3.8, 4) is 11.5 Å². The van der Waals surface area contributed by atoms with E-state index in [1.54, 1.807) is 30.9 Å². The van der Waals surface area contributed by atoms with Crippen LogP contribution in [-0.2, 0) is 6.42 Å². The molecule has 172 valence electrons. The second-order valence-corrected chi connectivity index (χ2v) is 9.62. The van der Waals surface area contributed by atoms with Gasteiger partial charge >= 0.3 is 0 Å². The van der Waals surface area contributed by atoms with Crippen LogP contribution in [0.15, 0.2) is 59.9 Å². The minimum Gasteiger partial charge on any atom is -0.442 e. The maximum Gasteiger partial charge on any atom is 0.181 e. The van der Waals surface area contributed by atoms with Crippen LogP contribution in [0.5, 0.6) is 0 Å². The SMILES string of the molecule is CN1CCC2(CC1)CN(c1cc(C(=O)Cc3cc4cc(-c5cnco5)ncc4cn3)ccn1)C2. The van der Waals surface area contributed by atoms with Gasteiger partial charge in [0.1, 0.15) is 11.5 Å². The lowest BCUT2D eigenvalue weighted by atomic mass is 9.72. The molecule has 0 amide bonds. The molecule has 2 fully saturated rings. The summed E-state index contributed by atoms with van der Waals surface area (Å²) in [5.41, 5.74) is 2.51. The standard InChI is InChI=1S/C26H26N6O2/c1-31-6-3-26(4-7-31)15-32(16-26)25-10-18(2-5-28-25)23(33)11-21-8-19-9-22(24-14-27-17-34-24)30-13-20(19)12-29-21/h2,5,8-10,12-14,17H,3-4,6-7,11,15-16H2,1H3. The number of fused-ring (bicyclic) bond motifs is 1. The van der Waals surface area contributed by atoms with Crippen molar-refractivity contribution in [2.45, 2.75) is 19.3 Å². The second-order valence-electron chi connectivity index (χ2n) is 9.62. The molecule has 0 unspecified atom stereocenters. The Morgan fingerprint density at radius 1 is 1.03 bits per heavy atom. The highest BCUT2D eigenvalue weighted by Crippen LogP contribution is 2.41. The number of nitrogens with zero attached hydrogens (tertiary/aromatic N) is 6. The summed E-state index contributed by atoms with van der Waals surface area (Å²) in [6, 6.07) is 7.59. The van der Waals surface area contributed by atoms with E-state index >= 15 is 0 Å². The summed E-state index contributed by atoms with van der Waals surface area (Å²) >= 11 is 0. The van der Waals surface area contributed by atoms with Gasteiger partial charge in [0.25, 0.3) is 0 Å². The van der Waals surface area contributed by atoms with Crippen molar-refractivity contribution >= 4 is 22.4 Å². The predicted octanol–water partition coefficient (Wildman–Crippen LogP) is 3.64. The number of aromatic nitrogens is 4. The highest BCUT2D eigenvalue weighted by molar-refractivity contribution is 5.98. The maximum atomic E-state index is 13.1. The number of hydrogen-bond acceptors (Lipinski definition) is 8. The van der Waals surface area contributed by atoms with Gasteiger partial charge in [0.2, 0.25) is 0 Å². The lowest BCUT2D eigenvalue weighted by Gasteiger charge is -2.54. The molecule has 4 aromatic heterocycles. The van der Waals surface area contributed by atoms with Crippen LogP contribution in [-0.4, -0.2) is 63.8 Å². The van der Waals surface area contributed by atoms with Crippen molar-refractivity contribution in [3.63, 3.8) is 0 Å². The third-order valence-corrected chi connectivity index (χ3v) is 7.18. The van der Waals surface area contributed by atoms with Crippen molar-refractivity contribution < 1.29 is 9.21 Å². The van der Waals surface area contributed by atoms with Crippen molar-refractivity contribution in [2.75, 3.05) is 38.1 Å². The van der Waals surface area contributed by atoms with Gasteiger partial charge in [0.15, 0.2) is 17.9 Å². The molecule has 0 saturated carbocycles. The van der Waals surface area contributed by atoms with Gasteiger partial charge < -0.3 is 14.2 Å². The second kappa shape index (κ2) is 8.29. The summed E-state index contributed by atoms with van der Waals surface area (Å²) in [6.45, 7) is 4.38. The first-order chi connectivity index (χ1) is 16.6. The summed E-state index contributed by atoms with van der Waals surface area (Å²) < 4.78 is 5.35. The monoisotopic (exact) mass is 454 g/mol. The summed E-state index contributed by atoms with van der Waals surface area (Å²) in [5, 5.41) is 1.87. The van der Waals surface area contributed by atoms with Gasteiger partial charge in [-0.3, -0.25) is 14.8 Å². The predicted molar refractivity (Wildman–Crippen MR) is 129 cm³/mol. The first-order valence-electron chi connectivity index (χ1n) is 11.6. The van der Waals surface area contributed by atoms with Crippen LogP contribution >= 0.6 is 0 Å². The molecule has 8 nitrogen and oxygen atoms in total. The van der Waals surface area contributed by atoms with Crippen LogP contribution in [0.4, 0.5) is 5.82 Å². The molecule has 0 bridgehead atoms. The molecule has 0 radical (unpaired) electrons. The van der Waals surface area contributed by atoms with Gasteiger partial charge in [-0.15, -0.1) is 0 Å².